The zero-order valence-corrected chi connectivity index (χ0v) is 26.7. The standard InChI is InChI=1S/C37H30N4O5S/c1-23-32(35(42)40-28-11-5-4-6-12-28)33(26-9-7-13-29(19-26)44-2)41-36(43)31(47-37(41)39-23)20-27-10-8-14-30(45-3)34(27)46-22-25-17-15-24(21-38)16-18-25/h4-20,33H,22H2,1-3H3,(H,40,42)/b31-20-/t33-/m0/s1. The lowest BCUT2D eigenvalue weighted by atomic mass is 9.95. The number of benzene rings is 4. The van der Waals surface area contributed by atoms with E-state index < -0.39 is 6.04 Å². The van der Waals surface area contributed by atoms with Crippen molar-refractivity contribution in [3.63, 3.8) is 0 Å². The van der Waals surface area contributed by atoms with E-state index in [-0.39, 0.29) is 18.1 Å². The number of anilines is 1. The third-order valence-electron chi connectivity index (χ3n) is 7.69. The zero-order valence-electron chi connectivity index (χ0n) is 25.9. The molecule has 1 atom stereocenters. The number of nitriles is 1. The van der Waals surface area contributed by atoms with Gasteiger partial charge in [0, 0.05) is 11.3 Å². The molecule has 1 amide bonds. The summed E-state index contributed by atoms with van der Waals surface area (Å²) >= 11 is 1.23. The van der Waals surface area contributed by atoms with Crippen LogP contribution in [0.2, 0.25) is 0 Å². The van der Waals surface area contributed by atoms with Gasteiger partial charge in [-0.1, -0.05) is 65.9 Å². The normalized spacial score (nSPS) is 14.1. The van der Waals surface area contributed by atoms with Gasteiger partial charge in [-0.3, -0.25) is 14.2 Å². The maximum absolute atomic E-state index is 14.3. The van der Waals surface area contributed by atoms with Gasteiger partial charge in [-0.2, -0.15) is 5.26 Å². The SMILES string of the molecule is COc1cccc([C@H]2C(C(=O)Nc3ccccc3)=C(C)N=c3s/c(=C\c4cccc(OC)c4OCc4ccc(C#N)cc4)c(=O)n32)c1. The van der Waals surface area contributed by atoms with Gasteiger partial charge in [-0.15, -0.1) is 0 Å². The second kappa shape index (κ2) is 13.6. The highest BCUT2D eigenvalue weighted by Crippen LogP contribution is 2.34. The van der Waals surface area contributed by atoms with E-state index in [1.165, 1.54) is 11.3 Å². The molecule has 6 rings (SSSR count). The number of nitrogens with one attached hydrogen (secondary N) is 1. The Bertz CT molecular complexity index is 2210. The molecule has 1 aliphatic rings. The molecule has 0 spiro atoms. The fourth-order valence-corrected chi connectivity index (χ4v) is 6.43. The van der Waals surface area contributed by atoms with Crippen molar-refractivity contribution < 1.29 is 19.0 Å². The maximum Gasteiger partial charge on any atom is 0.271 e. The van der Waals surface area contributed by atoms with E-state index in [2.05, 4.69) is 11.4 Å². The number of rotatable bonds is 9. The molecular formula is C37H30N4O5S. The van der Waals surface area contributed by atoms with Gasteiger partial charge in [0.2, 0.25) is 0 Å². The second-order valence-corrected chi connectivity index (χ2v) is 11.7. The van der Waals surface area contributed by atoms with Gasteiger partial charge < -0.3 is 19.5 Å². The lowest BCUT2D eigenvalue weighted by molar-refractivity contribution is -0.113. The molecule has 0 bridgehead atoms. The van der Waals surface area contributed by atoms with E-state index in [4.69, 9.17) is 24.5 Å². The number of nitrogens with zero attached hydrogens (tertiary/aromatic N) is 3. The third kappa shape index (κ3) is 6.43. The van der Waals surface area contributed by atoms with Crippen LogP contribution in [0.1, 0.15) is 35.2 Å². The molecule has 2 heterocycles. The summed E-state index contributed by atoms with van der Waals surface area (Å²) in [7, 11) is 3.13. The highest BCUT2D eigenvalue weighted by atomic mass is 32.1. The minimum Gasteiger partial charge on any atom is -0.497 e. The number of ether oxygens (including phenoxy) is 3. The number of aromatic nitrogens is 1. The van der Waals surface area contributed by atoms with E-state index in [0.29, 0.717) is 60.2 Å². The number of carbonyl (C=O) groups excluding carboxylic acids is 1. The number of methoxy groups -OCH3 is 2. The van der Waals surface area contributed by atoms with Crippen LogP contribution in [0, 0.1) is 11.3 Å². The number of para-hydroxylation sites is 2. The van der Waals surface area contributed by atoms with Crippen LogP contribution in [0.15, 0.2) is 118 Å². The van der Waals surface area contributed by atoms with Gasteiger partial charge in [0.15, 0.2) is 16.3 Å². The summed E-state index contributed by atoms with van der Waals surface area (Å²) in [6, 6.07) is 30.4. The molecule has 1 aromatic heterocycles. The molecule has 0 radical (unpaired) electrons. The van der Waals surface area contributed by atoms with Crippen molar-refractivity contribution in [2.45, 2.75) is 19.6 Å². The van der Waals surface area contributed by atoms with Crippen molar-refractivity contribution >= 4 is 29.0 Å². The molecule has 0 unspecified atom stereocenters. The van der Waals surface area contributed by atoms with Crippen LogP contribution >= 0.6 is 11.3 Å². The Hall–Kier alpha value is -5.92. The Morgan fingerprint density at radius 2 is 1.77 bits per heavy atom. The first kappa shape index (κ1) is 31.1. The van der Waals surface area contributed by atoms with Crippen LogP contribution in [0.5, 0.6) is 17.2 Å². The first-order chi connectivity index (χ1) is 22.9. The molecule has 5 aromatic rings. The first-order valence-corrected chi connectivity index (χ1v) is 15.5. The fourth-order valence-electron chi connectivity index (χ4n) is 5.39. The third-order valence-corrected chi connectivity index (χ3v) is 8.67. The van der Waals surface area contributed by atoms with Crippen LogP contribution in [-0.2, 0) is 11.4 Å². The van der Waals surface area contributed by atoms with E-state index in [9.17, 15) is 9.59 Å². The predicted octanol–water partition coefficient (Wildman–Crippen LogP) is 5.34. The monoisotopic (exact) mass is 642 g/mol. The molecule has 0 saturated carbocycles. The number of hydrogen-bond donors (Lipinski definition) is 1. The van der Waals surface area contributed by atoms with Crippen LogP contribution in [-0.4, -0.2) is 24.7 Å². The van der Waals surface area contributed by atoms with Crippen molar-refractivity contribution in [3.8, 4) is 23.3 Å². The fraction of sp³-hybridized carbons (Fsp3) is 0.135. The molecule has 0 aliphatic carbocycles. The van der Waals surface area contributed by atoms with Gasteiger partial charge >= 0.3 is 0 Å². The maximum atomic E-state index is 14.3. The van der Waals surface area contributed by atoms with Crippen LogP contribution in [0.4, 0.5) is 5.69 Å². The Labute approximate surface area is 274 Å². The predicted molar refractivity (Wildman–Crippen MR) is 180 cm³/mol. The van der Waals surface area contributed by atoms with Gasteiger partial charge in [0.1, 0.15) is 12.4 Å². The summed E-state index contributed by atoms with van der Waals surface area (Å²) in [6.07, 6.45) is 1.76. The van der Waals surface area contributed by atoms with Crippen molar-refractivity contribution in [2.75, 3.05) is 19.5 Å². The molecule has 1 aliphatic heterocycles. The number of amides is 1. The molecule has 9 nitrogen and oxygen atoms in total. The summed E-state index contributed by atoms with van der Waals surface area (Å²) in [4.78, 5) is 33.4. The van der Waals surface area contributed by atoms with Crippen LogP contribution in [0.3, 0.4) is 0 Å². The molecule has 1 N–H and O–H groups in total. The van der Waals surface area contributed by atoms with Crippen molar-refractivity contribution in [1.29, 1.82) is 5.26 Å². The Balaban J connectivity index is 1.45. The topological polar surface area (TPSA) is 115 Å². The van der Waals surface area contributed by atoms with Crippen LogP contribution in [0.25, 0.3) is 6.08 Å². The summed E-state index contributed by atoms with van der Waals surface area (Å²) in [5.74, 6) is 1.21. The van der Waals surface area contributed by atoms with Gasteiger partial charge in [-0.25, -0.2) is 4.99 Å². The first-order valence-electron chi connectivity index (χ1n) is 14.7. The summed E-state index contributed by atoms with van der Waals surface area (Å²) < 4.78 is 19.3. The number of hydrogen-bond acceptors (Lipinski definition) is 8. The molecule has 47 heavy (non-hydrogen) atoms. The van der Waals surface area contributed by atoms with Gasteiger partial charge in [0.25, 0.3) is 11.5 Å². The molecule has 0 saturated heterocycles. The Kier molecular flexibility index (Phi) is 9.00. The molecule has 0 fully saturated rings. The molecule has 10 heteroatoms. The quantitative estimate of drug-likeness (QED) is 0.232. The van der Waals surface area contributed by atoms with E-state index in [0.717, 1.165) is 5.56 Å². The average molecular weight is 643 g/mol. The lowest BCUT2D eigenvalue weighted by Gasteiger charge is -2.25. The largest absolute Gasteiger partial charge is 0.497 e. The van der Waals surface area contributed by atoms with Crippen molar-refractivity contribution in [2.24, 2.45) is 4.99 Å². The highest BCUT2D eigenvalue weighted by molar-refractivity contribution is 7.07. The van der Waals surface area contributed by atoms with Crippen molar-refractivity contribution in [1.82, 2.24) is 4.57 Å². The zero-order chi connectivity index (χ0) is 32.9. The van der Waals surface area contributed by atoms with Crippen molar-refractivity contribution in [3.05, 3.63) is 150 Å². The molecule has 4 aromatic carbocycles. The van der Waals surface area contributed by atoms with E-state index in [1.54, 1.807) is 62.1 Å². The molecular weight excluding hydrogens is 612 g/mol. The van der Waals surface area contributed by atoms with Crippen LogP contribution < -0.4 is 34.4 Å². The summed E-state index contributed by atoms with van der Waals surface area (Å²) in [5, 5.41) is 12.1. The Morgan fingerprint density at radius 1 is 1.00 bits per heavy atom. The lowest BCUT2D eigenvalue weighted by Crippen LogP contribution is -2.40. The highest BCUT2D eigenvalue weighted by Gasteiger charge is 2.33. The van der Waals surface area contributed by atoms with Gasteiger partial charge in [0.05, 0.1) is 47.7 Å². The van der Waals surface area contributed by atoms with Gasteiger partial charge in [-0.05, 0) is 66.6 Å². The van der Waals surface area contributed by atoms with E-state index >= 15 is 0 Å². The minimum atomic E-state index is -0.760. The number of fused-ring (bicyclic) bond motifs is 1. The number of allylic oxidation sites excluding steroid dienone is 1. The number of carbonyl (C=O) groups is 1. The van der Waals surface area contributed by atoms with E-state index in [1.807, 2.05) is 66.7 Å². The summed E-state index contributed by atoms with van der Waals surface area (Å²) in [5.41, 5.74) is 3.96. The smallest absolute Gasteiger partial charge is 0.271 e. The summed E-state index contributed by atoms with van der Waals surface area (Å²) in [6.45, 7) is 2.00. The minimum absolute atomic E-state index is 0.225. The Morgan fingerprint density at radius 3 is 2.49 bits per heavy atom. The molecule has 234 valence electrons. The number of thiazole rings is 1. The average Bonchev–Trinajstić information content (AvgIpc) is 3.40. The second-order valence-electron chi connectivity index (χ2n) is 10.7.